The van der Waals surface area contributed by atoms with E-state index in [0.717, 1.165) is 12.8 Å². The van der Waals surface area contributed by atoms with Gasteiger partial charge in [-0.05, 0) is 12.8 Å². The fourth-order valence-corrected chi connectivity index (χ4v) is 2.95. The topological polar surface area (TPSA) is 122 Å². The van der Waals surface area contributed by atoms with Gasteiger partial charge in [-0.15, -0.1) is 0 Å². The molecule has 1 unspecified atom stereocenters. The van der Waals surface area contributed by atoms with Gasteiger partial charge in [-0.1, -0.05) is 12.8 Å². The Bertz CT molecular complexity index is 434. The first-order chi connectivity index (χ1) is 9.96. The highest BCUT2D eigenvalue weighted by Crippen LogP contribution is 2.37. The van der Waals surface area contributed by atoms with Crippen LogP contribution in [0.2, 0.25) is 0 Å². The van der Waals surface area contributed by atoms with Crippen LogP contribution in [-0.2, 0) is 14.3 Å². The molecule has 0 aromatic carbocycles. The van der Waals surface area contributed by atoms with E-state index in [1.165, 1.54) is 4.90 Å². The van der Waals surface area contributed by atoms with Crippen LogP contribution in [0.3, 0.4) is 0 Å². The highest BCUT2D eigenvalue weighted by Gasteiger charge is 2.42. The molecule has 0 bridgehead atoms. The Hall–Kier alpha value is -1.83. The smallest absolute Gasteiger partial charge is 0.318 e. The number of ether oxygens (including phenoxy) is 1. The highest BCUT2D eigenvalue weighted by atomic mass is 16.5. The van der Waals surface area contributed by atoms with Crippen molar-refractivity contribution in [1.82, 2.24) is 10.2 Å². The molecule has 1 aliphatic carbocycles. The van der Waals surface area contributed by atoms with Crippen LogP contribution in [-0.4, -0.2) is 60.3 Å². The second kappa shape index (κ2) is 6.30. The number of amides is 3. The molecule has 8 nitrogen and oxygen atoms in total. The predicted molar refractivity (Wildman–Crippen MR) is 72.4 cm³/mol. The summed E-state index contributed by atoms with van der Waals surface area (Å²) in [5, 5.41) is 12.0. The number of hydrogen-bond donors (Lipinski definition) is 3. The van der Waals surface area contributed by atoms with Crippen molar-refractivity contribution < 1.29 is 24.2 Å². The number of primary amides is 1. The van der Waals surface area contributed by atoms with Gasteiger partial charge in [0.25, 0.3) is 0 Å². The van der Waals surface area contributed by atoms with E-state index in [2.05, 4.69) is 5.32 Å². The molecule has 1 saturated carbocycles. The van der Waals surface area contributed by atoms with Gasteiger partial charge >= 0.3 is 12.0 Å². The molecule has 1 heterocycles. The van der Waals surface area contributed by atoms with Crippen LogP contribution >= 0.6 is 0 Å². The van der Waals surface area contributed by atoms with E-state index in [-0.39, 0.29) is 19.7 Å². The number of hydrogen-bond acceptors (Lipinski definition) is 4. The summed E-state index contributed by atoms with van der Waals surface area (Å²) in [6, 6.07) is -1.27. The Morgan fingerprint density at radius 3 is 2.57 bits per heavy atom. The number of nitrogens with zero attached hydrogens (tertiary/aromatic N) is 1. The number of carbonyl (C=O) groups excluding carboxylic acids is 2. The molecule has 21 heavy (non-hydrogen) atoms. The van der Waals surface area contributed by atoms with Crippen LogP contribution in [0.15, 0.2) is 0 Å². The molecule has 2 fully saturated rings. The summed E-state index contributed by atoms with van der Waals surface area (Å²) in [5.41, 5.74) is 4.37. The molecule has 2 rings (SSSR count). The first-order valence-corrected chi connectivity index (χ1v) is 7.11. The lowest BCUT2D eigenvalue weighted by molar-refractivity contribution is -0.148. The summed E-state index contributed by atoms with van der Waals surface area (Å²) in [4.78, 5) is 36.3. The van der Waals surface area contributed by atoms with Crippen molar-refractivity contribution in [3.05, 3.63) is 0 Å². The third-order valence-corrected chi connectivity index (χ3v) is 4.31. The van der Waals surface area contributed by atoms with Gasteiger partial charge in [-0.3, -0.25) is 9.59 Å². The van der Waals surface area contributed by atoms with Gasteiger partial charge in [0.05, 0.1) is 18.6 Å². The third kappa shape index (κ3) is 3.26. The number of nitrogens with two attached hydrogens (primary N) is 1. The van der Waals surface area contributed by atoms with Gasteiger partial charge in [0.2, 0.25) is 5.91 Å². The lowest BCUT2D eigenvalue weighted by Crippen LogP contribution is -2.58. The third-order valence-electron chi connectivity index (χ3n) is 4.31. The molecule has 1 aliphatic heterocycles. The highest BCUT2D eigenvalue weighted by molar-refractivity contribution is 5.86. The van der Waals surface area contributed by atoms with Crippen LogP contribution in [0.25, 0.3) is 0 Å². The van der Waals surface area contributed by atoms with E-state index < -0.39 is 29.4 Å². The van der Waals surface area contributed by atoms with Gasteiger partial charge in [0.15, 0.2) is 0 Å². The minimum atomic E-state index is -0.885. The van der Waals surface area contributed by atoms with E-state index >= 15 is 0 Å². The minimum absolute atomic E-state index is 0.0734. The maximum absolute atomic E-state index is 12.2. The van der Waals surface area contributed by atoms with Crippen molar-refractivity contribution in [3.63, 3.8) is 0 Å². The number of carbonyl (C=O) groups is 3. The lowest BCUT2D eigenvalue weighted by atomic mass is 9.86. The molecule has 0 aromatic heterocycles. The Labute approximate surface area is 122 Å². The van der Waals surface area contributed by atoms with Crippen LogP contribution in [0.4, 0.5) is 4.79 Å². The van der Waals surface area contributed by atoms with E-state index in [0.29, 0.717) is 19.4 Å². The quantitative estimate of drug-likeness (QED) is 0.647. The summed E-state index contributed by atoms with van der Waals surface area (Å²) >= 11 is 0. The number of carboxylic acid groups (broad SMARTS) is 1. The SMILES string of the molecule is NC(=O)C1COCCN1C(=O)NCC1(C(=O)O)CCCC1. The van der Waals surface area contributed by atoms with Crippen LogP contribution in [0.1, 0.15) is 25.7 Å². The molecule has 2 aliphatic rings. The summed E-state index contributed by atoms with van der Waals surface area (Å²) in [5.74, 6) is -1.51. The summed E-state index contributed by atoms with van der Waals surface area (Å²) in [7, 11) is 0. The minimum Gasteiger partial charge on any atom is -0.481 e. The molecular weight excluding hydrogens is 278 g/mol. The van der Waals surface area contributed by atoms with E-state index in [4.69, 9.17) is 10.5 Å². The average molecular weight is 299 g/mol. The molecule has 0 spiro atoms. The van der Waals surface area contributed by atoms with E-state index in [1.807, 2.05) is 0 Å². The number of morpholine rings is 1. The Morgan fingerprint density at radius 1 is 1.33 bits per heavy atom. The van der Waals surface area contributed by atoms with Gasteiger partial charge in [-0.2, -0.15) is 0 Å². The molecule has 1 atom stereocenters. The van der Waals surface area contributed by atoms with Crippen molar-refractivity contribution in [2.75, 3.05) is 26.3 Å². The fraction of sp³-hybridized carbons (Fsp3) is 0.769. The van der Waals surface area contributed by atoms with Gasteiger partial charge in [0.1, 0.15) is 6.04 Å². The van der Waals surface area contributed by atoms with Crippen molar-refractivity contribution in [1.29, 1.82) is 0 Å². The Balaban J connectivity index is 1.97. The zero-order valence-corrected chi connectivity index (χ0v) is 11.8. The average Bonchev–Trinajstić information content (AvgIpc) is 2.95. The summed E-state index contributed by atoms with van der Waals surface area (Å²) in [6.07, 6.45) is 2.82. The summed E-state index contributed by atoms with van der Waals surface area (Å²) in [6.45, 7) is 0.748. The molecule has 1 saturated heterocycles. The standard InChI is InChI=1S/C13H21N3O5/c14-10(17)9-7-21-6-5-16(9)12(20)15-8-13(11(18)19)3-1-2-4-13/h9H,1-8H2,(H2,14,17)(H,15,20)(H,18,19). The van der Waals surface area contributed by atoms with Gasteiger partial charge in [0, 0.05) is 13.1 Å². The van der Waals surface area contributed by atoms with Crippen molar-refractivity contribution in [2.45, 2.75) is 31.7 Å². The molecule has 3 amide bonds. The van der Waals surface area contributed by atoms with Crippen LogP contribution in [0.5, 0.6) is 0 Å². The van der Waals surface area contributed by atoms with Gasteiger partial charge in [-0.25, -0.2) is 4.79 Å². The maximum atomic E-state index is 12.2. The maximum Gasteiger partial charge on any atom is 0.318 e. The first kappa shape index (κ1) is 15.6. The van der Waals surface area contributed by atoms with Gasteiger partial charge < -0.3 is 25.8 Å². The van der Waals surface area contributed by atoms with Crippen molar-refractivity contribution in [3.8, 4) is 0 Å². The molecular formula is C13H21N3O5. The normalized spacial score (nSPS) is 24.6. The van der Waals surface area contributed by atoms with Crippen LogP contribution < -0.4 is 11.1 Å². The van der Waals surface area contributed by atoms with E-state index in [1.54, 1.807) is 0 Å². The molecule has 0 radical (unpaired) electrons. The molecule has 8 heteroatoms. The monoisotopic (exact) mass is 299 g/mol. The van der Waals surface area contributed by atoms with Crippen molar-refractivity contribution >= 4 is 17.9 Å². The second-order valence-electron chi connectivity index (χ2n) is 5.64. The van der Waals surface area contributed by atoms with Crippen LogP contribution in [0, 0.1) is 5.41 Å². The zero-order chi connectivity index (χ0) is 15.5. The number of carboxylic acids is 1. The number of urea groups is 1. The Morgan fingerprint density at radius 2 is 2.00 bits per heavy atom. The number of aliphatic carboxylic acids is 1. The molecule has 118 valence electrons. The predicted octanol–water partition coefficient (Wildman–Crippen LogP) is -0.473. The second-order valence-corrected chi connectivity index (χ2v) is 5.64. The summed E-state index contributed by atoms with van der Waals surface area (Å²) < 4.78 is 5.14. The zero-order valence-electron chi connectivity index (χ0n) is 11.8. The number of nitrogens with one attached hydrogen (secondary N) is 1. The number of rotatable bonds is 4. The lowest BCUT2D eigenvalue weighted by Gasteiger charge is -2.34. The Kier molecular flexibility index (Phi) is 4.66. The van der Waals surface area contributed by atoms with Crippen molar-refractivity contribution in [2.24, 2.45) is 11.1 Å². The molecule has 0 aromatic rings. The molecule has 4 N–H and O–H groups in total. The first-order valence-electron chi connectivity index (χ1n) is 7.11. The fourth-order valence-electron chi connectivity index (χ4n) is 2.95. The van der Waals surface area contributed by atoms with E-state index in [9.17, 15) is 19.5 Å². The largest absolute Gasteiger partial charge is 0.481 e.